The van der Waals surface area contributed by atoms with Gasteiger partial charge in [-0.25, -0.2) is 0 Å². The molecule has 3 atom stereocenters. The average molecular weight is 506 g/mol. The maximum Gasteiger partial charge on any atom is 0.0184 e. The Morgan fingerprint density at radius 3 is 1.36 bits per heavy atom. The normalized spacial score (nSPS) is 21.1. The molecular weight excluding hydrogens is 434 g/mol. The van der Waals surface area contributed by atoms with E-state index in [2.05, 4.69) is 53.4 Å². The summed E-state index contributed by atoms with van der Waals surface area (Å²) in [5, 5.41) is 0. The number of piperidine rings is 1. The number of hydrogen-bond acceptors (Lipinski definition) is 1. The van der Waals surface area contributed by atoms with E-state index in [-0.39, 0.29) is 0 Å². The van der Waals surface area contributed by atoms with Gasteiger partial charge in [-0.1, -0.05) is 144 Å². The van der Waals surface area contributed by atoms with E-state index < -0.39 is 0 Å². The zero-order valence-electron chi connectivity index (χ0n) is 26.6. The molecule has 1 unspecified atom stereocenters. The summed E-state index contributed by atoms with van der Waals surface area (Å²) in [5.74, 6) is 0.931. The van der Waals surface area contributed by atoms with Crippen molar-refractivity contribution in [2.75, 3.05) is 6.54 Å². The third-order valence-electron chi connectivity index (χ3n) is 10.1. The first kappa shape index (κ1) is 34.0. The van der Waals surface area contributed by atoms with Crippen LogP contribution in [0.4, 0.5) is 0 Å². The second-order valence-corrected chi connectivity index (χ2v) is 13.5. The van der Waals surface area contributed by atoms with Gasteiger partial charge in [-0.3, -0.25) is 4.90 Å². The van der Waals surface area contributed by atoms with Crippen molar-refractivity contribution in [1.82, 2.24) is 4.90 Å². The quantitative estimate of drug-likeness (QED) is 0.125. The van der Waals surface area contributed by atoms with Crippen LogP contribution in [-0.2, 0) is 0 Å². The summed E-state index contributed by atoms with van der Waals surface area (Å²) >= 11 is 0. The molecule has 1 heteroatoms. The maximum atomic E-state index is 3.01. The Morgan fingerprint density at radius 2 is 0.944 bits per heavy atom. The fourth-order valence-electron chi connectivity index (χ4n) is 7.51. The van der Waals surface area contributed by atoms with Crippen LogP contribution in [0.25, 0.3) is 0 Å². The summed E-state index contributed by atoms with van der Waals surface area (Å²) in [6, 6.07) is 0.751. The summed E-state index contributed by atoms with van der Waals surface area (Å²) in [7, 11) is 0. The van der Waals surface area contributed by atoms with Gasteiger partial charge < -0.3 is 0 Å². The molecule has 216 valence electrons. The maximum absolute atomic E-state index is 3.01. The minimum absolute atomic E-state index is 0.420. The third-order valence-corrected chi connectivity index (χ3v) is 10.1. The van der Waals surface area contributed by atoms with Gasteiger partial charge in [-0.05, 0) is 70.3 Å². The van der Waals surface area contributed by atoms with Gasteiger partial charge >= 0.3 is 0 Å². The summed E-state index contributed by atoms with van der Waals surface area (Å²) in [5.41, 5.74) is 0.989. The molecular formula is C35H71N. The van der Waals surface area contributed by atoms with Crippen LogP contribution in [0, 0.1) is 11.3 Å². The first-order valence-electron chi connectivity index (χ1n) is 17.1. The lowest BCUT2D eigenvalue weighted by atomic mass is 9.65. The minimum atomic E-state index is 0.420. The highest BCUT2D eigenvalue weighted by Gasteiger charge is 2.42. The van der Waals surface area contributed by atoms with E-state index in [0.29, 0.717) is 11.0 Å². The molecule has 0 N–H and O–H groups in total. The van der Waals surface area contributed by atoms with E-state index in [1.807, 2.05) is 0 Å². The van der Waals surface area contributed by atoms with E-state index in [1.165, 1.54) is 154 Å². The Morgan fingerprint density at radius 1 is 0.556 bits per heavy atom. The van der Waals surface area contributed by atoms with Gasteiger partial charge in [-0.2, -0.15) is 0 Å². The zero-order chi connectivity index (χ0) is 26.7. The molecule has 0 aromatic rings. The number of nitrogens with zero attached hydrogens (tertiary/aromatic N) is 1. The molecule has 0 bridgehead atoms. The number of rotatable bonds is 23. The molecule has 1 aliphatic heterocycles. The van der Waals surface area contributed by atoms with Crippen molar-refractivity contribution < 1.29 is 0 Å². The predicted octanol–water partition coefficient (Wildman–Crippen LogP) is 12.1. The fraction of sp³-hybridized carbons (Fsp3) is 1.00. The van der Waals surface area contributed by atoms with E-state index in [1.54, 1.807) is 0 Å². The van der Waals surface area contributed by atoms with Crippen LogP contribution >= 0.6 is 0 Å². The highest BCUT2D eigenvalue weighted by Crippen LogP contribution is 2.47. The molecule has 1 saturated heterocycles. The topological polar surface area (TPSA) is 3.24 Å². The molecule has 0 aromatic carbocycles. The summed E-state index contributed by atoms with van der Waals surface area (Å²) < 4.78 is 0. The molecule has 1 fully saturated rings. The highest BCUT2D eigenvalue weighted by molar-refractivity contribution is 4.96. The van der Waals surface area contributed by atoms with Crippen LogP contribution in [0.5, 0.6) is 0 Å². The average Bonchev–Trinajstić information content (AvgIpc) is 2.87. The summed E-state index contributed by atoms with van der Waals surface area (Å²) in [6.45, 7) is 18.7. The molecule has 1 rings (SSSR count). The van der Waals surface area contributed by atoms with Gasteiger partial charge in [0.1, 0.15) is 0 Å². The molecule has 0 aromatic heterocycles. The first-order valence-corrected chi connectivity index (χ1v) is 17.1. The lowest BCUT2D eigenvalue weighted by molar-refractivity contribution is -0.0276. The largest absolute Gasteiger partial charge is 0.295 e. The van der Waals surface area contributed by atoms with Crippen LogP contribution in [0.3, 0.4) is 0 Å². The predicted molar refractivity (Wildman–Crippen MR) is 165 cm³/mol. The molecule has 0 amide bonds. The monoisotopic (exact) mass is 506 g/mol. The van der Waals surface area contributed by atoms with Crippen LogP contribution in [0.2, 0.25) is 0 Å². The smallest absolute Gasteiger partial charge is 0.0184 e. The number of hydrogen-bond donors (Lipinski definition) is 0. The van der Waals surface area contributed by atoms with Crippen molar-refractivity contribution in [2.24, 2.45) is 11.3 Å². The van der Waals surface area contributed by atoms with Gasteiger partial charge in [0, 0.05) is 11.6 Å². The molecule has 36 heavy (non-hydrogen) atoms. The van der Waals surface area contributed by atoms with Gasteiger partial charge in [0.05, 0.1) is 0 Å². The second kappa shape index (κ2) is 19.9. The van der Waals surface area contributed by atoms with Gasteiger partial charge in [0.25, 0.3) is 0 Å². The standard InChI is InChI=1S/C35H71N/c1-8-12-16-20-22-27-34(6,26-21-17-13-9-2)33-25-30-36(32(5)31-33)35(7,28-23-18-14-10-3)29-24-19-15-11-4/h32-33H,8-31H2,1-7H3/t32-,33?,34+/m1/s1. The van der Waals surface area contributed by atoms with Gasteiger partial charge in [-0.15, -0.1) is 0 Å². The molecule has 1 heterocycles. The highest BCUT2D eigenvalue weighted by atomic mass is 15.2. The van der Waals surface area contributed by atoms with E-state index in [0.717, 1.165) is 12.0 Å². The van der Waals surface area contributed by atoms with Crippen molar-refractivity contribution in [1.29, 1.82) is 0 Å². The van der Waals surface area contributed by atoms with Gasteiger partial charge in [0.2, 0.25) is 0 Å². The van der Waals surface area contributed by atoms with E-state index >= 15 is 0 Å². The Labute approximate surface area is 230 Å². The Bertz CT molecular complexity index is 487. The summed E-state index contributed by atoms with van der Waals surface area (Å²) in [6.07, 6.45) is 32.8. The third kappa shape index (κ3) is 12.7. The Hall–Kier alpha value is -0.0400. The second-order valence-electron chi connectivity index (χ2n) is 13.5. The minimum Gasteiger partial charge on any atom is -0.295 e. The van der Waals surface area contributed by atoms with Crippen LogP contribution in [0.15, 0.2) is 0 Å². The fourth-order valence-corrected chi connectivity index (χ4v) is 7.51. The molecule has 0 radical (unpaired) electrons. The zero-order valence-corrected chi connectivity index (χ0v) is 26.6. The van der Waals surface area contributed by atoms with E-state index in [9.17, 15) is 0 Å². The SMILES string of the molecule is CCCCCCC[C@](C)(CCCCCC)C1CCN(C(C)(CCCCCC)CCCCCC)[C@H](C)C1. The van der Waals surface area contributed by atoms with Crippen LogP contribution in [-0.4, -0.2) is 23.0 Å². The van der Waals surface area contributed by atoms with Crippen molar-refractivity contribution in [3.8, 4) is 0 Å². The number of likely N-dealkylation sites (tertiary alicyclic amines) is 1. The Balaban J connectivity index is 2.83. The Kier molecular flexibility index (Phi) is 18.8. The number of unbranched alkanes of at least 4 members (excludes halogenated alkanes) is 13. The lowest BCUT2D eigenvalue weighted by Crippen LogP contribution is -2.55. The van der Waals surface area contributed by atoms with Crippen molar-refractivity contribution in [2.45, 2.75) is 208 Å². The van der Waals surface area contributed by atoms with Gasteiger partial charge in [0.15, 0.2) is 0 Å². The van der Waals surface area contributed by atoms with Crippen molar-refractivity contribution in [3.63, 3.8) is 0 Å². The molecule has 1 nitrogen and oxygen atoms in total. The molecule has 1 aliphatic rings. The lowest BCUT2D eigenvalue weighted by Gasteiger charge is -2.53. The van der Waals surface area contributed by atoms with Crippen molar-refractivity contribution >= 4 is 0 Å². The van der Waals surface area contributed by atoms with Crippen LogP contribution in [0.1, 0.15) is 196 Å². The first-order chi connectivity index (χ1) is 17.4. The van der Waals surface area contributed by atoms with E-state index in [4.69, 9.17) is 0 Å². The molecule has 0 aliphatic carbocycles. The molecule has 0 spiro atoms. The van der Waals surface area contributed by atoms with Crippen molar-refractivity contribution in [3.05, 3.63) is 0 Å². The molecule has 0 saturated carbocycles. The van der Waals surface area contributed by atoms with Crippen LogP contribution < -0.4 is 0 Å². The summed E-state index contributed by atoms with van der Waals surface area (Å²) in [4.78, 5) is 3.01.